The van der Waals surface area contributed by atoms with Crippen LogP contribution in [0.4, 0.5) is 19.0 Å². The zero-order valence-electron chi connectivity index (χ0n) is 14.1. The summed E-state index contributed by atoms with van der Waals surface area (Å²) >= 11 is 0. The number of hydrogen-bond donors (Lipinski definition) is 3. The summed E-state index contributed by atoms with van der Waals surface area (Å²) in [6.45, 7) is 0. The third-order valence-corrected chi connectivity index (χ3v) is 5.17. The Morgan fingerprint density at radius 3 is 2.29 bits per heavy atom. The number of aromatic nitrogens is 2. The van der Waals surface area contributed by atoms with Gasteiger partial charge in [0.05, 0.1) is 16.8 Å². The summed E-state index contributed by atoms with van der Waals surface area (Å²) in [4.78, 5) is 25.6. The highest BCUT2D eigenvalue weighted by atomic mass is 19.4. The van der Waals surface area contributed by atoms with E-state index in [0.717, 1.165) is 6.07 Å². The zero-order valence-corrected chi connectivity index (χ0v) is 14.1. The lowest BCUT2D eigenvalue weighted by Gasteiger charge is -2.27. The molecule has 140 valence electrons. The molecule has 2 aliphatic rings. The summed E-state index contributed by atoms with van der Waals surface area (Å²) < 4.78 is 41.1. The molecule has 0 unspecified atom stereocenters. The molecule has 0 saturated heterocycles. The number of ketones is 1. The number of carbonyl (C=O) groups excluding carboxylic acids is 1. The van der Waals surface area contributed by atoms with Gasteiger partial charge in [-0.05, 0) is 11.6 Å². The molecule has 8 heteroatoms. The van der Waals surface area contributed by atoms with Crippen molar-refractivity contribution < 1.29 is 18.0 Å². The van der Waals surface area contributed by atoms with Gasteiger partial charge in [0.1, 0.15) is 5.82 Å². The molecular weight excluding hydrogens is 371 g/mol. The monoisotopic (exact) mass is 383 g/mol. The highest BCUT2D eigenvalue weighted by molar-refractivity contribution is 6.23. The third-order valence-electron chi connectivity index (χ3n) is 5.17. The van der Waals surface area contributed by atoms with Crippen LogP contribution in [0.25, 0.3) is 5.70 Å². The van der Waals surface area contributed by atoms with Crippen LogP contribution in [-0.2, 0) is 6.18 Å². The highest BCUT2D eigenvalue weighted by Crippen LogP contribution is 2.49. The molecule has 2 aromatic carbocycles. The lowest BCUT2D eigenvalue weighted by molar-refractivity contribution is -0.138. The second-order valence-electron chi connectivity index (χ2n) is 6.67. The van der Waals surface area contributed by atoms with Crippen LogP contribution < -0.4 is 10.9 Å². The molecule has 0 radical (unpaired) electrons. The van der Waals surface area contributed by atoms with Gasteiger partial charge >= 0.3 is 6.18 Å². The normalized spacial score (nSPS) is 17.8. The van der Waals surface area contributed by atoms with Crippen molar-refractivity contribution in [3.8, 4) is 0 Å². The summed E-state index contributed by atoms with van der Waals surface area (Å²) in [5, 5.41) is 8.08. The Morgan fingerprint density at radius 1 is 0.857 bits per heavy atom. The van der Waals surface area contributed by atoms with Gasteiger partial charge in [0, 0.05) is 22.6 Å². The van der Waals surface area contributed by atoms with E-state index < -0.39 is 23.2 Å². The fraction of sp³-hybridized carbons (Fsp3) is 0.100. The van der Waals surface area contributed by atoms with Gasteiger partial charge in [-0.25, -0.2) is 0 Å². The molecular formula is C20H12F3N3O2. The Kier molecular flexibility index (Phi) is 3.25. The molecule has 0 saturated carbocycles. The van der Waals surface area contributed by atoms with Crippen LogP contribution in [-0.4, -0.2) is 16.0 Å². The average molecular weight is 383 g/mol. The first-order chi connectivity index (χ1) is 13.4. The van der Waals surface area contributed by atoms with Crippen molar-refractivity contribution in [2.45, 2.75) is 12.1 Å². The Balaban J connectivity index is 1.84. The lowest BCUT2D eigenvalue weighted by atomic mass is 9.80. The number of fused-ring (bicyclic) bond motifs is 3. The Labute approximate surface area is 155 Å². The van der Waals surface area contributed by atoms with Gasteiger partial charge in [-0.3, -0.25) is 19.8 Å². The van der Waals surface area contributed by atoms with Crippen molar-refractivity contribution in [2.24, 2.45) is 0 Å². The molecule has 5 nitrogen and oxygen atoms in total. The van der Waals surface area contributed by atoms with Crippen LogP contribution in [0.5, 0.6) is 0 Å². The van der Waals surface area contributed by atoms with Crippen molar-refractivity contribution in [3.05, 3.63) is 92.3 Å². The minimum Gasteiger partial charge on any atom is -0.339 e. The van der Waals surface area contributed by atoms with Crippen LogP contribution >= 0.6 is 0 Å². The number of benzene rings is 2. The number of rotatable bonds is 1. The van der Waals surface area contributed by atoms with Crippen LogP contribution in [0.3, 0.4) is 0 Å². The fourth-order valence-corrected chi connectivity index (χ4v) is 4.04. The van der Waals surface area contributed by atoms with Crippen LogP contribution in [0.15, 0.2) is 58.9 Å². The standard InChI is InChI=1S/C20H12F3N3O2/c21-20(22,23)12-8-4-3-7-11(12)13-14-16(24-18-15(13)19(28)26-25-18)9-5-1-2-6-10(9)17(14)27/h1-8,13H,(H3,24,25,26,28)/t13-/m1/s1. The Morgan fingerprint density at radius 2 is 1.54 bits per heavy atom. The van der Waals surface area contributed by atoms with Crippen molar-refractivity contribution in [3.63, 3.8) is 0 Å². The van der Waals surface area contributed by atoms with E-state index >= 15 is 0 Å². The van der Waals surface area contributed by atoms with Gasteiger partial charge in [0.2, 0.25) is 0 Å². The SMILES string of the molecule is O=C1C2=C(Nc3[nH][nH]c(=O)c3[C@@H]2c2ccccc2C(F)(F)F)c2ccccc21. The minimum atomic E-state index is -4.63. The fourth-order valence-electron chi connectivity index (χ4n) is 4.04. The molecule has 1 aromatic heterocycles. The van der Waals surface area contributed by atoms with E-state index in [1.54, 1.807) is 24.3 Å². The number of aromatic amines is 2. The van der Waals surface area contributed by atoms with Crippen molar-refractivity contribution >= 4 is 17.3 Å². The van der Waals surface area contributed by atoms with Gasteiger partial charge in [-0.1, -0.05) is 42.5 Å². The van der Waals surface area contributed by atoms with Gasteiger partial charge in [-0.2, -0.15) is 13.2 Å². The van der Waals surface area contributed by atoms with Crippen LogP contribution in [0.2, 0.25) is 0 Å². The van der Waals surface area contributed by atoms with E-state index in [1.165, 1.54) is 18.2 Å². The summed E-state index contributed by atoms with van der Waals surface area (Å²) in [5.41, 5.74) is 0.0681. The molecule has 2 heterocycles. The number of Topliss-reactive ketones (excluding diaryl/α,β-unsaturated/α-hetero) is 1. The lowest BCUT2D eigenvalue weighted by Crippen LogP contribution is -2.25. The smallest absolute Gasteiger partial charge is 0.339 e. The summed E-state index contributed by atoms with van der Waals surface area (Å²) in [6, 6.07) is 11.8. The second-order valence-corrected chi connectivity index (χ2v) is 6.67. The Hall–Kier alpha value is -3.55. The molecule has 0 fully saturated rings. The first-order valence-electron chi connectivity index (χ1n) is 8.50. The van der Waals surface area contributed by atoms with Crippen molar-refractivity contribution in [1.29, 1.82) is 0 Å². The number of H-pyrrole nitrogens is 2. The maximum atomic E-state index is 13.7. The first-order valence-corrected chi connectivity index (χ1v) is 8.50. The van der Waals surface area contributed by atoms with Gasteiger partial charge < -0.3 is 5.32 Å². The molecule has 0 bridgehead atoms. The number of halogens is 3. The Bertz CT molecular complexity index is 1230. The summed E-state index contributed by atoms with van der Waals surface area (Å²) in [6.07, 6.45) is -4.63. The third kappa shape index (κ3) is 2.14. The molecule has 28 heavy (non-hydrogen) atoms. The molecule has 0 amide bonds. The van der Waals surface area contributed by atoms with Gasteiger partial charge in [0.25, 0.3) is 5.56 Å². The zero-order chi connectivity index (χ0) is 19.6. The molecule has 1 atom stereocenters. The number of hydrogen-bond acceptors (Lipinski definition) is 3. The number of nitrogens with one attached hydrogen (secondary N) is 3. The number of anilines is 1. The van der Waals surface area contributed by atoms with E-state index in [4.69, 9.17) is 0 Å². The molecule has 3 aromatic rings. The minimum absolute atomic E-state index is 0.0663. The van der Waals surface area contributed by atoms with E-state index in [1.807, 2.05) is 0 Å². The maximum absolute atomic E-state index is 13.7. The second kappa shape index (κ2) is 5.48. The van der Waals surface area contributed by atoms with Crippen LogP contribution in [0, 0.1) is 0 Å². The molecule has 5 rings (SSSR count). The largest absolute Gasteiger partial charge is 0.416 e. The predicted octanol–water partition coefficient (Wildman–Crippen LogP) is 3.89. The maximum Gasteiger partial charge on any atom is 0.416 e. The number of alkyl halides is 3. The van der Waals surface area contributed by atoms with E-state index in [9.17, 15) is 22.8 Å². The quantitative estimate of drug-likeness (QED) is 0.597. The summed E-state index contributed by atoms with van der Waals surface area (Å²) in [5.74, 6) is -1.26. The van der Waals surface area contributed by atoms with Crippen molar-refractivity contribution in [1.82, 2.24) is 10.2 Å². The topological polar surface area (TPSA) is 77.8 Å². The van der Waals surface area contributed by atoms with Crippen LogP contribution in [0.1, 0.15) is 38.5 Å². The van der Waals surface area contributed by atoms with Gasteiger partial charge in [-0.15, -0.1) is 0 Å². The molecule has 1 aliphatic carbocycles. The van der Waals surface area contributed by atoms with E-state index in [-0.39, 0.29) is 28.3 Å². The molecule has 3 N–H and O–H groups in total. The van der Waals surface area contributed by atoms with Gasteiger partial charge in [0.15, 0.2) is 5.78 Å². The molecule has 1 aliphatic heterocycles. The first kappa shape index (κ1) is 16.6. The van der Waals surface area contributed by atoms with E-state index in [2.05, 4.69) is 15.5 Å². The van der Waals surface area contributed by atoms with E-state index in [0.29, 0.717) is 16.8 Å². The molecule has 0 spiro atoms. The number of allylic oxidation sites excluding steroid dienone is 1. The average Bonchev–Trinajstić information content (AvgIpc) is 3.19. The van der Waals surface area contributed by atoms with Crippen molar-refractivity contribution in [2.75, 3.05) is 5.32 Å². The predicted molar refractivity (Wildman–Crippen MR) is 96.0 cm³/mol. The summed E-state index contributed by atoms with van der Waals surface area (Å²) in [7, 11) is 0. The number of carbonyl (C=O) groups is 1. The highest BCUT2D eigenvalue weighted by Gasteiger charge is 2.45.